The molecule has 1 aliphatic heterocycles. The van der Waals surface area contributed by atoms with Gasteiger partial charge in [0, 0.05) is 12.1 Å². The van der Waals surface area contributed by atoms with Crippen LogP contribution in [-0.4, -0.2) is 49.1 Å². The van der Waals surface area contributed by atoms with Crippen LogP contribution in [0, 0.1) is 12.3 Å². The van der Waals surface area contributed by atoms with Gasteiger partial charge in [-0.2, -0.15) is 0 Å². The first-order valence-corrected chi connectivity index (χ1v) is 9.58. The van der Waals surface area contributed by atoms with Crippen molar-refractivity contribution in [2.75, 3.05) is 33.3 Å². The van der Waals surface area contributed by atoms with E-state index >= 15 is 0 Å². The van der Waals surface area contributed by atoms with Crippen LogP contribution >= 0.6 is 0 Å². The zero-order valence-corrected chi connectivity index (χ0v) is 16.3. The summed E-state index contributed by atoms with van der Waals surface area (Å²) in [6.45, 7) is 3.07. The van der Waals surface area contributed by atoms with Gasteiger partial charge >= 0.3 is 6.03 Å². The summed E-state index contributed by atoms with van der Waals surface area (Å²) in [5.41, 5.74) is 1.08. The molecule has 2 amide bonds. The van der Waals surface area contributed by atoms with Crippen molar-refractivity contribution in [3.8, 4) is 18.1 Å². The quantitative estimate of drug-likeness (QED) is 0.713. The third-order valence-corrected chi connectivity index (χ3v) is 5.02. The number of ether oxygens (including phenoxy) is 1. The molecule has 0 saturated carbocycles. The highest BCUT2D eigenvalue weighted by Gasteiger charge is 2.27. The average Bonchev–Trinajstić information content (AvgIpc) is 3.42. The van der Waals surface area contributed by atoms with E-state index in [1.807, 2.05) is 24.3 Å². The summed E-state index contributed by atoms with van der Waals surface area (Å²) in [5.74, 6) is 4.08. The minimum atomic E-state index is -0.201. The van der Waals surface area contributed by atoms with Crippen LogP contribution in [0.25, 0.3) is 0 Å². The first-order chi connectivity index (χ1) is 13.7. The predicted octanol–water partition coefficient (Wildman–Crippen LogP) is 3.27. The van der Waals surface area contributed by atoms with E-state index in [0.717, 1.165) is 24.4 Å². The summed E-state index contributed by atoms with van der Waals surface area (Å²) in [7, 11) is 1.68. The standard InChI is InChI=1S/C22H27N3O3/c1-3-12-25(17-18-9-8-15-28-18)22(26)23-16-20(24-13-6-7-14-24)19-10-4-5-11-21(19)27-2/h1,4-5,8-11,15,20H,6-7,12-14,16-17H2,2H3,(H,23,26)/t20-/m0/s1. The molecule has 0 radical (unpaired) electrons. The second-order valence-electron chi connectivity index (χ2n) is 6.83. The largest absolute Gasteiger partial charge is 0.496 e. The monoisotopic (exact) mass is 381 g/mol. The van der Waals surface area contributed by atoms with Crippen molar-refractivity contribution in [1.29, 1.82) is 0 Å². The number of furan rings is 1. The summed E-state index contributed by atoms with van der Waals surface area (Å²) < 4.78 is 10.9. The third-order valence-electron chi connectivity index (χ3n) is 5.02. The Labute approximate surface area is 166 Å². The van der Waals surface area contributed by atoms with Crippen molar-refractivity contribution >= 4 is 6.03 Å². The number of carbonyl (C=O) groups is 1. The Bertz CT molecular complexity index is 792. The van der Waals surface area contributed by atoms with E-state index in [9.17, 15) is 4.79 Å². The summed E-state index contributed by atoms with van der Waals surface area (Å²) in [6.07, 6.45) is 9.38. The lowest BCUT2D eigenvalue weighted by Crippen LogP contribution is -2.43. The van der Waals surface area contributed by atoms with E-state index in [1.54, 1.807) is 24.3 Å². The molecule has 0 spiro atoms. The van der Waals surface area contributed by atoms with Crippen LogP contribution in [-0.2, 0) is 6.54 Å². The average molecular weight is 381 g/mol. The number of urea groups is 1. The molecule has 2 heterocycles. The number of benzene rings is 1. The Morgan fingerprint density at radius 1 is 1.32 bits per heavy atom. The van der Waals surface area contributed by atoms with E-state index in [2.05, 4.69) is 22.2 Å². The van der Waals surface area contributed by atoms with Gasteiger partial charge in [-0.1, -0.05) is 24.1 Å². The molecule has 0 aliphatic carbocycles. The van der Waals surface area contributed by atoms with Crippen LogP contribution in [0.2, 0.25) is 0 Å². The van der Waals surface area contributed by atoms with Gasteiger partial charge in [0.05, 0.1) is 32.5 Å². The highest BCUT2D eigenvalue weighted by molar-refractivity contribution is 5.74. The third kappa shape index (κ3) is 4.87. The van der Waals surface area contributed by atoms with Gasteiger partial charge in [0.15, 0.2) is 0 Å². The first-order valence-electron chi connectivity index (χ1n) is 9.58. The molecule has 2 aromatic rings. The second kappa shape index (κ2) is 9.86. The van der Waals surface area contributed by atoms with Crippen molar-refractivity contribution in [2.24, 2.45) is 0 Å². The highest BCUT2D eigenvalue weighted by Crippen LogP contribution is 2.31. The summed E-state index contributed by atoms with van der Waals surface area (Å²) in [4.78, 5) is 16.8. The smallest absolute Gasteiger partial charge is 0.318 e. The minimum absolute atomic E-state index is 0.0545. The van der Waals surface area contributed by atoms with Crippen LogP contribution in [0.4, 0.5) is 4.79 Å². The normalized spacial score (nSPS) is 15.0. The zero-order chi connectivity index (χ0) is 19.8. The van der Waals surface area contributed by atoms with E-state index in [1.165, 1.54) is 12.8 Å². The van der Waals surface area contributed by atoms with Gasteiger partial charge in [0.1, 0.15) is 11.5 Å². The molecule has 1 N–H and O–H groups in total. The molecule has 6 heteroatoms. The lowest BCUT2D eigenvalue weighted by atomic mass is 10.0. The van der Waals surface area contributed by atoms with Crippen molar-refractivity contribution < 1.29 is 13.9 Å². The van der Waals surface area contributed by atoms with Crippen LogP contribution in [0.3, 0.4) is 0 Å². The van der Waals surface area contributed by atoms with Gasteiger partial charge in [-0.15, -0.1) is 6.42 Å². The number of hydrogen-bond donors (Lipinski definition) is 1. The molecular formula is C22H27N3O3. The van der Waals surface area contributed by atoms with E-state index < -0.39 is 0 Å². The van der Waals surface area contributed by atoms with Gasteiger partial charge in [0.2, 0.25) is 0 Å². The molecule has 148 valence electrons. The fraction of sp³-hybridized carbons (Fsp3) is 0.409. The SMILES string of the molecule is C#CCN(Cc1ccco1)C(=O)NC[C@@H](c1ccccc1OC)N1CCCC1. The van der Waals surface area contributed by atoms with Crippen LogP contribution in [0.5, 0.6) is 5.75 Å². The maximum absolute atomic E-state index is 12.8. The summed E-state index contributed by atoms with van der Waals surface area (Å²) >= 11 is 0. The molecule has 0 bridgehead atoms. The second-order valence-corrected chi connectivity index (χ2v) is 6.83. The minimum Gasteiger partial charge on any atom is -0.496 e. The summed E-state index contributed by atoms with van der Waals surface area (Å²) in [6, 6.07) is 11.5. The van der Waals surface area contributed by atoms with Crippen molar-refractivity contribution in [3.63, 3.8) is 0 Å². The molecule has 1 saturated heterocycles. The van der Waals surface area contributed by atoms with Crippen molar-refractivity contribution in [3.05, 3.63) is 54.0 Å². The Hall–Kier alpha value is -2.91. The van der Waals surface area contributed by atoms with Gasteiger partial charge in [-0.05, 0) is 44.1 Å². The fourth-order valence-electron chi connectivity index (χ4n) is 3.63. The van der Waals surface area contributed by atoms with Gasteiger partial charge in [-0.3, -0.25) is 4.90 Å². The molecule has 1 aromatic heterocycles. The van der Waals surface area contributed by atoms with Crippen molar-refractivity contribution in [2.45, 2.75) is 25.4 Å². The number of terminal acetylenes is 1. The Balaban J connectivity index is 1.71. The highest BCUT2D eigenvalue weighted by atomic mass is 16.5. The molecular weight excluding hydrogens is 354 g/mol. The van der Waals surface area contributed by atoms with Gasteiger partial charge in [-0.25, -0.2) is 4.79 Å². The van der Waals surface area contributed by atoms with Crippen LogP contribution in [0.15, 0.2) is 47.1 Å². The van der Waals surface area contributed by atoms with Crippen LogP contribution in [0.1, 0.15) is 30.2 Å². The van der Waals surface area contributed by atoms with Gasteiger partial charge < -0.3 is 19.4 Å². The number of amides is 2. The molecule has 1 fully saturated rings. The molecule has 1 aliphatic rings. The molecule has 1 atom stereocenters. The zero-order valence-electron chi connectivity index (χ0n) is 16.3. The van der Waals surface area contributed by atoms with E-state index in [-0.39, 0.29) is 18.6 Å². The molecule has 28 heavy (non-hydrogen) atoms. The number of nitrogens with one attached hydrogen (secondary N) is 1. The predicted molar refractivity (Wildman–Crippen MR) is 108 cm³/mol. The van der Waals surface area contributed by atoms with E-state index in [0.29, 0.717) is 18.8 Å². The number of methoxy groups -OCH3 is 1. The molecule has 3 rings (SSSR count). The van der Waals surface area contributed by atoms with Crippen molar-refractivity contribution in [1.82, 2.24) is 15.1 Å². The molecule has 1 aromatic carbocycles. The number of carbonyl (C=O) groups excluding carboxylic acids is 1. The van der Waals surface area contributed by atoms with E-state index in [4.69, 9.17) is 15.6 Å². The lowest BCUT2D eigenvalue weighted by Gasteiger charge is -2.30. The number of nitrogens with zero attached hydrogens (tertiary/aromatic N) is 2. The molecule has 0 unspecified atom stereocenters. The van der Waals surface area contributed by atoms with Gasteiger partial charge in [0.25, 0.3) is 0 Å². The number of rotatable bonds is 8. The number of likely N-dealkylation sites (tertiary alicyclic amines) is 1. The first kappa shape index (κ1) is 19.8. The molecule has 6 nitrogen and oxygen atoms in total. The lowest BCUT2D eigenvalue weighted by molar-refractivity contribution is 0.187. The Morgan fingerprint density at radius 3 is 2.79 bits per heavy atom. The maximum Gasteiger partial charge on any atom is 0.318 e. The fourth-order valence-corrected chi connectivity index (χ4v) is 3.63. The topological polar surface area (TPSA) is 58.0 Å². The van der Waals surface area contributed by atoms with Crippen LogP contribution < -0.4 is 10.1 Å². The number of para-hydroxylation sites is 1. The maximum atomic E-state index is 12.8. The Kier molecular flexibility index (Phi) is 6.99. The Morgan fingerprint density at radius 2 is 2.11 bits per heavy atom. The summed E-state index contributed by atoms with van der Waals surface area (Å²) in [5, 5.41) is 3.06. The number of hydrogen-bond acceptors (Lipinski definition) is 4.